The number of ketones is 1. The Kier molecular flexibility index (Phi) is 5.91. The number of carbonyl (C=O) groups is 2. The van der Waals surface area contributed by atoms with Crippen LogP contribution in [0.4, 0.5) is 18.9 Å². The summed E-state index contributed by atoms with van der Waals surface area (Å²) >= 11 is 0. The lowest BCUT2D eigenvalue weighted by Crippen LogP contribution is -2.29. The number of Topliss-reactive ketones (excluding diaryl/α,β-unsaturated/α-hetero) is 1. The lowest BCUT2D eigenvalue weighted by atomic mass is 9.95. The quantitative estimate of drug-likeness (QED) is 0.331. The number of hydrogen-bond donors (Lipinski definition) is 1. The minimum absolute atomic E-state index is 0.0903. The number of amides is 1. The van der Waals surface area contributed by atoms with Crippen LogP contribution in [0.2, 0.25) is 0 Å². The van der Waals surface area contributed by atoms with Crippen molar-refractivity contribution < 1.29 is 32.6 Å². The minimum atomic E-state index is -1.21. The molecule has 1 aliphatic heterocycles. The fourth-order valence-corrected chi connectivity index (χ4v) is 3.75. The van der Waals surface area contributed by atoms with Crippen LogP contribution in [0, 0.1) is 17.5 Å². The molecule has 1 amide bonds. The van der Waals surface area contributed by atoms with Crippen molar-refractivity contribution in [2.45, 2.75) is 13.0 Å². The fraction of sp³-hybridized carbons (Fsp3) is 0.120. The molecule has 1 atom stereocenters. The molecular weight excluding hydrogens is 435 g/mol. The molecule has 0 saturated carbocycles. The molecule has 0 spiro atoms. The molecule has 4 rings (SSSR count). The molecule has 1 saturated heterocycles. The third-order valence-corrected chi connectivity index (χ3v) is 5.23. The van der Waals surface area contributed by atoms with Crippen LogP contribution in [-0.4, -0.2) is 23.4 Å². The lowest BCUT2D eigenvalue weighted by Gasteiger charge is -2.25. The number of ether oxygens (including phenoxy) is 1. The van der Waals surface area contributed by atoms with E-state index in [2.05, 4.69) is 0 Å². The summed E-state index contributed by atoms with van der Waals surface area (Å²) in [7, 11) is 0. The predicted octanol–water partition coefficient (Wildman–Crippen LogP) is 5.13. The van der Waals surface area contributed by atoms with Gasteiger partial charge >= 0.3 is 0 Å². The van der Waals surface area contributed by atoms with Crippen molar-refractivity contribution in [3.63, 3.8) is 0 Å². The van der Waals surface area contributed by atoms with Crippen LogP contribution in [0.1, 0.15) is 24.1 Å². The number of rotatable bonds is 5. The first kappa shape index (κ1) is 22.1. The fourth-order valence-electron chi connectivity index (χ4n) is 3.75. The smallest absolute Gasteiger partial charge is 0.300 e. The van der Waals surface area contributed by atoms with E-state index in [-0.39, 0.29) is 16.8 Å². The van der Waals surface area contributed by atoms with Crippen LogP contribution in [0.15, 0.2) is 72.3 Å². The third-order valence-electron chi connectivity index (χ3n) is 5.23. The summed E-state index contributed by atoms with van der Waals surface area (Å²) in [5.41, 5.74) is 0.150. The number of carbonyl (C=O) groups excluding carboxylic acids is 2. The van der Waals surface area contributed by atoms with Crippen molar-refractivity contribution >= 4 is 23.1 Å². The summed E-state index contributed by atoms with van der Waals surface area (Å²) in [6.45, 7) is 2.16. The SMILES string of the molecule is CCOc1cccc(/C(O)=C2\C(=O)C(=O)N(c3ccc(F)c(F)c3)C2c2ccc(F)cc2)c1. The maximum Gasteiger partial charge on any atom is 0.300 e. The van der Waals surface area contributed by atoms with Gasteiger partial charge in [0.1, 0.15) is 17.3 Å². The zero-order chi connectivity index (χ0) is 23.7. The van der Waals surface area contributed by atoms with E-state index in [1.165, 1.54) is 24.3 Å². The zero-order valence-electron chi connectivity index (χ0n) is 17.4. The zero-order valence-corrected chi connectivity index (χ0v) is 17.4. The normalized spacial score (nSPS) is 17.5. The predicted molar refractivity (Wildman–Crippen MR) is 115 cm³/mol. The van der Waals surface area contributed by atoms with Gasteiger partial charge in [-0.1, -0.05) is 24.3 Å². The van der Waals surface area contributed by atoms with Gasteiger partial charge in [0.25, 0.3) is 11.7 Å². The Balaban J connectivity index is 1.93. The highest BCUT2D eigenvalue weighted by Gasteiger charge is 2.47. The number of halogens is 3. The molecular formula is C25H18F3NO4. The lowest BCUT2D eigenvalue weighted by molar-refractivity contribution is -0.132. The number of nitrogens with zero attached hydrogens (tertiary/aromatic N) is 1. The van der Waals surface area contributed by atoms with Crippen LogP contribution in [0.5, 0.6) is 5.75 Å². The molecule has 1 unspecified atom stereocenters. The average Bonchev–Trinajstić information content (AvgIpc) is 3.07. The van der Waals surface area contributed by atoms with Gasteiger partial charge in [0, 0.05) is 17.3 Å². The Bertz CT molecular complexity index is 1270. The second kappa shape index (κ2) is 8.82. The Labute approximate surface area is 187 Å². The summed E-state index contributed by atoms with van der Waals surface area (Å²) in [6.07, 6.45) is 0. The van der Waals surface area contributed by atoms with E-state index in [1.807, 2.05) is 0 Å². The van der Waals surface area contributed by atoms with E-state index in [4.69, 9.17) is 4.74 Å². The van der Waals surface area contributed by atoms with Gasteiger partial charge < -0.3 is 9.84 Å². The average molecular weight is 453 g/mol. The first-order valence-electron chi connectivity index (χ1n) is 10.1. The van der Waals surface area contributed by atoms with E-state index in [0.29, 0.717) is 17.9 Å². The van der Waals surface area contributed by atoms with Gasteiger partial charge in [-0.15, -0.1) is 0 Å². The number of hydrogen-bond acceptors (Lipinski definition) is 4. The molecule has 168 valence electrons. The molecule has 8 heteroatoms. The summed E-state index contributed by atoms with van der Waals surface area (Å²) in [6, 6.07) is 12.8. The first-order valence-corrected chi connectivity index (χ1v) is 10.1. The minimum Gasteiger partial charge on any atom is -0.507 e. The topological polar surface area (TPSA) is 66.8 Å². The molecule has 1 heterocycles. The number of aliphatic hydroxyl groups excluding tert-OH is 1. The molecule has 1 N–H and O–H groups in total. The molecule has 3 aromatic rings. The summed E-state index contributed by atoms with van der Waals surface area (Å²) in [5, 5.41) is 11.1. The van der Waals surface area contributed by atoms with Gasteiger partial charge in [-0.05, 0) is 48.9 Å². The maximum atomic E-state index is 14.0. The third kappa shape index (κ3) is 4.07. The molecule has 3 aromatic carbocycles. The van der Waals surface area contributed by atoms with Crippen LogP contribution in [0.25, 0.3) is 5.76 Å². The molecule has 5 nitrogen and oxygen atoms in total. The van der Waals surface area contributed by atoms with E-state index in [1.54, 1.807) is 19.1 Å². The van der Waals surface area contributed by atoms with Crippen molar-refractivity contribution in [2.24, 2.45) is 0 Å². The standard InChI is InChI=1S/C25H18F3NO4/c1-2-33-18-5-3-4-15(12-18)23(30)21-22(14-6-8-16(26)9-7-14)29(25(32)24(21)31)17-10-11-19(27)20(28)13-17/h3-13,22,30H,2H2,1H3/b23-21+. The van der Waals surface area contributed by atoms with Gasteiger partial charge in [-0.3, -0.25) is 14.5 Å². The molecule has 1 aliphatic rings. The molecule has 0 aliphatic carbocycles. The van der Waals surface area contributed by atoms with Gasteiger partial charge in [0.05, 0.1) is 18.2 Å². The van der Waals surface area contributed by atoms with Crippen molar-refractivity contribution in [2.75, 3.05) is 11.5 Å². The van der Waals surface area contributed by atoms with Gasteiger partial charge in [-0.25, -0.2) is 13.2 Å². The van der Waals surface area contributed by atoms with Crippen LogP contribution in [-0.2, 0) is 9.59 Å². The Morgan fingerprint density at radius 2 is 1.70 bits per heavy atom. The first-order chi connectivity index (χ1) is 15.8. The molecule has 0 radical (unpaired) electrons. The van der Waals surface area contributed by atoms with Crippen LogP contribution in [0.3, 0.4) is 0 Å². The Morgan fingerprint density at radius 3 is 2.36 bits per heavy atom. The summed E-state index contributed by atoms with van der Waals surface area (Å²) in [5.74, 6) is -4.98. The summed E-state index contributed by atoms with van der Waals surface area (Å²) in [4.78, 5) is 27.0. The van der Waals surface area contributed by atoms with Crippen molar-refractivity contribution in [3.8, 4) is 5.75 Å². The number of benzene rings is 3. The highest BCUT2D eigenvalue weighted by molar-refractivity contribution is 6.51. The van der Waals surface area contributed by atoms with E-state index < -0.39 is 40.9 Å². The Hall–Kier alpha value is -4.07. The van der Waals surface area contributed by atoms with E-state index in [0.717, 1.165) is 35.2 Å². The van der Waals surface area contributed by atoms with Gasteiger partial charge in [-0.2, -0.15) is 0 Å². The maximum absolute atomic E-state index is 14.0. The number of anilines is 1. The van der Waals surface area contributed by atoms with Crippen LogP contribution >= 0.6 is 0 Å². The van der Waals surface area contributed by atoms with Gasteiger partial charge in [0.2, 0.25) is 0 Å². The molecule has 0 bridgehead atoms. The van der Waals surface area contributed by atoms with Gasteiger partial charge in [0.15, 0.2) is 11.6 Å². The highest BCUT2D eigenvalue weighted by atomic mass is 19.2. The molecule has 1 fully saturated rings. The number of aliphatic hydroxyl groups is 1. The van der Waals surface area contributed by atoms with E-state index >= 15 is 0 Å². The highest BCUT2D eigenvalue weighted by Crippen LogP contribution is 2.42. The molecule has 0 aromatic heterocycles. The monoisotopic (exact) mass is 453 g/mol. The van der Waals surface area contributed by atoms with Crippen LogP contribution < -0.4 is 9.64 Å². The Morgan fingerprint density at radius 1 is 0.970 bits per heavy atom. The largest absolute Gasteiger partial charge is 0.507 e. The molecule has 33 heavy (non-hydrogen) atoms. The summed E-state index contributed by atoms with van der Waals surface area (Å²) < 4.78 is 46.5. The van der Waals surface area contributed by atoms with E-state index in [9.17, 15) is 27.9 Å². The second-order valence-electron chi connectivity index (χ2n) is 7.28. The van der Waals surface area contributed by atoms with Crippen molar-refractivity contribution in [1.82, 2.24) is 0 Å². The van der Waals surface area contributed by atoms with Crippen molar-refractivity contribution in [1.29, 1.82) is 0 Å². The van der Waals surface area contributed by atoms with Crippen molar-refractivity contribution in [3.05, 3.63) is 101 Å². The second-order valence-corrected chi connectivity index (χ2v) is 7.28.